The fraction of sp³-hybridized carbons (Fsp3) is 0.350. The molecule has 4 rings (SSSR count). The zero-order valence-corrected chi connectivity index (χ0v) is 15.1. The van der Waals surface area contributed by atoms with E-state index in [1.165, 1.54) is 0 Å². The minimum absolute atomic E-state index is 0.0289. The highest BCUT2D eigenvalue weighted by Crippen LogP contribution is 2.38. The molecule has 2 aliphatic heterocycles. The summed E-state index contributed by atoms with van der Waals surface area (Å²) in [7, 11) is 0. The Morgan fingerprint density at radius 1 is 1.27 bits per heavy atom. The van der Waals surface area contributed by atoms with Gasteiger partial charge < -0.3 is 20.1 Å². The molecule has 1 atom stereocenters. The summed E-state index contributed by atoms with van der Waals surface area (Å²) >= 11 is 6.10. The standard InChI is InChI=1S/C20H21ClN2O3/c21-17-3-1-2-13(9-17)15-8-16-12-23(20(25)14-4-5-22-11-14)6-7-26-19(16)18(24)10-15/h1-3,8-10,14,22,24H,4-7,11-12H2/t14-/m1/s1. The molecule has 1 fully saturated rings. The molecule has 0 spiro atoms. The van der Waals surface area contributed by atoms with Gasteiger partial charge in [-0.25, -0.2) is 0 Å². The van der Waals surface area contributed by atoms with Crippen LogP contribution in [0.25, 0.3) is 11.1 Å². The quantitative estimate of drug-likeness (QED) is 0.850. The first-order chi connectivity index (χ1) is 12.6. The van der Waals surface area contributed by atoms with Gasteiger partial charge in [-0.1, -0.05) is 23.7 Å². The lowest BCUT2D eigenvalue weighted by molar-refractivity contribution is -0.135. The molecule has 2 aromatic carbocycles. The molecule has 6 heteroatoms. The molecular weight excluding hydrogens is 352 g/mol. The average Bonchev–Trinajstić information content (AvgIpc) is 3.08. The smallest absolute Gasteiger partial charge is 0.227 e. The van der Waals surface area contributed by atoms with E-state index in [0.717, 1.165) is 36.2 Å². The van der Waals surface area contributed by atoms with E-state index >= 15 is 0 Å². The lowest BCUT2D eigenvalue weighted by Crippen LogP contribution is -2.37. The fourth-order valence-corrected chi connectivity index (χ4v) is 3.84. The van der Waals surface area contributed by atoms with Crippen molar-refractivity contribution in [2.45, 2.75) is 13.0 Å². The molecule has 2 N–H and O–H groups in total. The molecule has 0 aromatic heterocycles. The Morgan fingerprint density at radius 3 is 2.92 bits per heavy atom. The van der Waals surface area contributed by atoms with Gasteiger partial charge in [-0.05, 0) is 48.4 Å². The third-order valence-corrected chi connectivity index (χ3v) is 5.23. The molecular formula is C20H21ClN2O3. The maximum absolute atomic E-state index is 12.8. The van der Waals surface area contributed by atoms with Crippen LogP contribution in [0.5, 0.6) is 11.5 Å². The number of benzene rings is 2. The highest BCUT2D eigenvalue weighted by molar-refractivity contribution is 6.30. The van der Waals surface area contributed by atoms with Crippen LogP contribution in [0.1, 0.15) is 12.0 Å². The van der Waals surface area contributed by atoms with Crippen LogP contribution in [0, 0.1) is 5.92 Å². The van der Waals surface area contributed by atoms with Crippen LogP contribution in [0.4, 0.5) is 0 Å². The monoisotopic (exact) mass is 372 g/mol. The summed E-state index contributed by atoms with van der Waals surface area (Å²) in [5.74, 6) is 0.741. The second-order valence-corrected chi connectivity index (χ2v) is 7.23. The number of carbonyl (C=O) groups excluding carboxylic acids is 1. The van der Waals surface area contributed by atoms with E-state index < -0.39 is 0 Å². The molecule has 2 heterocycles. The SMILES string of the molecule is O=C([C@@H]1CCNC1)N1CCOc2c(O)cc(-c3cccc(Cl)c3)cc2C1. The maximum Gasteiger partial charge on any atom is 0.227 e. The first-order valence-corrected chi connectivity index (χ1v) is 9.24. The van der Waals surface area contributed by atoms with Gasteiger partial charge in [-0.15, -0.1) is 0 Å². The summed E-state index contributed by atoms with van der Waals surface area (Å²) in [6, 6.07) is 11.1. The molecule has 0 aliphatic carbocycles. The number of hydrogen-bond donors (Lipinski definition) is 2. The molecule has 2 aromatic rings. The van der Waals surface area contributed by atoms with E-state index in [1.807, 2.05) is 35.2 Å². The number of aromatic hydroxyl groups is 1. The molecule has 1 amide bonds. The summed E-state index contributed by atoms with van der Waals surface area (Å²) in [6.07, 6.45) is 0.872. The molecule has 1 saturated heterocycles. The molecule has 26 heavy (non-hydrogen) atoms. The zero-order chi connectivity index (χ0) is 18.1. The number of rotatable bonds is 2. The minimum atomic E-state index is 0.0289. The molecule has 5 nitrogen and oxygen atoms in total. The van der Waals surface area contributed by atoms with Crippen molar-refractivity contribution in [1.29, 1.82) is 0 Å². The van der Waals surface area contributed by atoms with E-state index in [4.69, 9.17) is 16.3 Å². The summed E-state index contributed by atoms with van der Waals surface area (Å²) < 4.78 is 5.75. The first-order valence-electron chi connectivity index (χ1n) is 8.86. The number of carbonyl (C=O) groups is 1. The number of phenols is 1. The largest absolute Gasteiger partial charge is 0.504 e. The van der Waals surface area contributed by atoms with Crippen molar-refractivity contribution in [2.24, 2.45) is 5.92 Å². The van der Waals surface area contributed by atoms with Crippen molar-refractivity contribution in [3.05, 3.63) is 47.0 Å². The Labute approximate surface area is 157 Å². The van der Waals surface area contributed by atoms with Crippen LogP contribution >= 0.6 is 11.6 Å². The number of fused-ring (bicyclic) bond motifs is 1. The normalized spacial score (nSPS) is 19.6. The van der Waals surface area contributed by atoms with Crippen LogP contribution in [-0.2, 0) is 11.3 Å². The van der Waals surface area contributed by atoms with Crippen molar-refractivity contribution in [2.75, 3.05) is 26.2 Å². The Kier molecular flexibility index (Phi) is 4.74. The molecule has 0 bridgehead atoms. The van der Waals surface area contributed by atoms with Crippen LogP contribution in [-0.4, -0.2) is 42.2 Å². The third kappa shape index (κ3) is 3.37. The number of ether oxygens (including phenoxy) is 1. The highest BCUT2D eigenvalue weighted by Gasteiger charge is 2.29. The van der Waals surface area contributed by atoms with Gasteiger partial charge in [0.05, 0.1) is 12.5 Å². The van der Waals surface area contributed by atoms with Crippen molar-refractivity contribution < 1.29 is 14.6 Å². The number of nitrogens with one attached hydrogen (secondary N) is 1. The van der Waals surface area contributed by atoms with E-state index in [9.17, 15) is 9.90 Å². The Bertz CT molecular complexity index is 834. The highest BCUT2D eigenvalue weighted by atomic mass is 35.5. The molecule has 0 radical (unpaired) electrons. The predicted octanol–water partition coefficient (Wildman–Crippen LogP) is 3.04. The van der Waals surface area contributed by atoms with Crippen LogP contribution in [0.15, 0.2) is 36.4 Å². The topological polar surface area (TPSA) is 61.8 Å². The van der Waals surface area contributed by atoms with Crippen molar-refractivity contribution in [3.63, 3.8) is 0 Å². The number of phenolic OH excluding ortho intramolecular Hbond substituents is 1. The van der Waals surface area contributed by atoms with E-state index in [-0.39, 0.29) is 17.6 Å². The predicted molar refractivity (Wildman–Crippen MR) is 100 cm³/mol. The molecule has 2 aliphatic rings. The lowest BCUT2D eigenvalue weighted by atomic mass is 10.0. The number of hydrogen-bond acceptors (Lipinski definition) is 4. The van der Waals surface area contributed by atoms with Crippen LogP contribution in [0.2, 0.25) is 5.02 Å². The van der Waals surface area contributed by atoms with Crippen molar-refractivity contribution in [3.8, 4) is 22.6 Å². The van der Waals surface area contributed by atoms with Crippen molar-refractivity contribution in [1.82, 2.24) is 10.2 Å². The van der Waals surface area contributed by atoms with Gasteiger partial charge in [-0.2, -0.15) is 0 Å². The Morgan fingerprint density at radius 2 is 2.15 bits per heavy atom. The second-order valence-electron chi connectivity index (χ2n) is 6.79. The molecule has 0 saturated carbocycles. The van der Waals surface area contributed by atoms with Crippen LogP contribution in [0.3, 0.4) is 0 Å². The number of nitrogens with zero attached hydrogens (tertiary/aromatic N) is 1. The summed E-state index contributed by atoms with van der Waals surface area (Å²) in [4.78, 5) is 14.6. The summed E-state index contributed by atoms with van der Waals surface area (Å²) in [5, 5.41) is 14.3. The van der Waals surface area contributed by atoms with E-state index in [1.54, 1.807) is 6.07 Å². The Balaban J connectivity index is 1.66. The number of halogens is 1. The van der Waals surface area contributed by atoms with Gasteiger partial charge in [0, 0.05) is 23.7 Å². The fourth-order valence-electron chi connectivity index (χ4n) is 3.65. The lowest BCUT2D eigenvalue weighted by Gasteiger charge is -2.23. The van der Waals surface area contributed by atoms with E-state index in [0.29, 0.717) is 30.5 Å². The summed E-state index contributed by atoms with van der Waals surface area (Å²) in [6.45, 7) is 2.96. The van der Waals surface area contributed by atoms with Gasteiger partial charge >= 0.3 is 0 Å². The second kappa shape index (κ2) is 7.17. The molecule has 136 valence electrons. The molecule has 0 unspecified atom stereocenters. The summed E-state index contributed by atoms with van der Waals surface area (Å²) in [5.41, 5.74) is 2.58. The third-order valence-electron chi connectivity index (χ3n) is 4.99. The number of amides is 1. The van der Waals surface area contributed by atoms with Gasteiger partial charge in [-0.3, -0.25) is 4.79 Å². The van der Waals surface area contributed by atoms with Gasteiger partial charge in [0.15, 0.2) is 11.5 Å². The average molecular weight is 373 g/mol. The van der Waals surface area contributed by atoms with Crippen molar-refractivity contribution >= 4 is 17.5 Å². The van der Waals surface area contributed by atoms with Gasteiger partial charge in [0.2, 0.25) is 5.91 Å². The maximum atomic E-state index is 12.8. The first kappa shape index (κ1) is 17.2. The van der Waals surface area contributed by atoms with Gasteiger partial charge in [0.25, 0.3) is 0 Å². The minimum Gasteiger partial charge on any atom is -0.504 e. The van der Waals surface area contributed by atoms with E-state index in [2.05, 4.69) is 5.32 Å². The Hall–Kier alpha value is -2.24. The van der Waals surface area contributed by atoms with Gasteiger partial charge in [0.1, 0.15) is 6.61 Å². The van der Waals surface area contributed by atoms with Crippen LogP contribution < -0.4 is 10.1 Å². The zero-order valence-electron chi connectivity index (χ0n) is 14.4.